The van der Waals surface area contributed by atoms with Gasteiger partial charge in [0.25, 0.3) is 35.4 Å². The zero-order valence-corrected chi connectivity index (χ0v) is 35.9. The van der Waals surface area contributed by atoms with Crippen molar-refractivity contribution in [1.82, 2.24) is 19.6 Å². The van der Waals surface area contributed by atoms with E-state index in [-0.39, 0.29) is 85.0 Å². The van der Waals surface area contributed by atoms with E-state index in [1.165, 1.54) is 36.4 Å². The average molecular weight is 883 g/mol. The Bertz CT molecular complexity index is 2310. The number of benzene rings is 2. The molecule has 0 radical (unpaired) electrons. The van der Waals surface area contributed by atoms with E-state index in [2.05, 4.69) is 10.6 Å². The van der Waals surface area contributed by atoms with Crippen LogP contribution in [0.5, 0.6) is 0 Å². The first kappa shape index (κ1) is 44.9. The van der Waals surface area contributed by atoms with Crippen LogP contribution in [0.2, 0.25) is 0 Å². The Balaban J connectivity index is 0.982. The standard InChI is InChI=1S/C44H46N6O14/c1-43(2,3)63-41(61)49-29(51)19-17-27(37(49)57)47-35(55)23-9-7-11-25(31(23)39(47)59)45-33(53)21-13-15-22(16-14-21)34(54)46-26-12-8-10-24-32(26)40(60)48(36(24)56)28-18-20-30(52)50(38(28)58)42(62)64-44(4,5)6/h7-12,21-22,27-28H,13-20H2,1-6H3,(H,45,53)(H,46,54)/t21-,22+,27?,28?. The lowest BCUT2D eigenvalue weighted by molar-refractivity contribution is -0.151. The highest BCUT2D eigenvalue weighted by molar-refractivity contribution is 6.28. The normalized spacial score (nSPS) is 22.7. The molecule has 336 valence electrons. The van der Waals surface area contributed by atoms with Crippen LogP contribution in [-0.4, -0.2) is 114 Å². The van der Waals surface area contributed by atoms with Crippen LogP contribution in [0.3, 0.4) is 0 Å². The molecule has 1 saturated carbocycles. The van der Waals surface area contributed by atoms with Gasteiger partial charge in [0.1, 0.15) is 23.3 Å². The van der Waals surface area contributed by atoms with Crippen LogP contribution in [0.15, 0.2) is 36.4 Å². The molecule has 2 saturated heterocycles. The molecule has 7 rings (SSSR count). The zero-order valence-electron chi connectivity index (χ0n) is 35.9. The molecule has 2 N–H and O–H groups in total. The largest absolute Gasteiger partial charge is 0.443 e. The number of imide groups is 8. The second-order valence-electron chi connectivity index (χ2n) is 18.1. The van der Waals surface area contributed by atoms with Crippen LogP contribution in [0, 0.1) is 11.8 Å². The summed E-state index contributed by atoms with van der Waals surface area (Å²) in [5.41, 5.74) is -2.56. The first-order valence-electron chi connectivity index (χ1n) is 20.8. The number of hydrogen-bond acceptors (Lipinski definition) is 14. The minimum absolute atomic E-state index is 0.0109. The molecule has 4 heterocycles. The van der Waals surface area contributed by atoms with E-state index < -0.39 is 106 Å². The predicted molar refractivity (Wildman–Crippen MR) is 219 cm³/mol. The molecule has 2 unspecified atom stereocenters. The van der Waals surface area contributed by atoms with Crippen molar-refractivity contribution < 1.29 is 67.0 Å². The molecule has 2 aromatic carbocycles. The molecule has 2 atom stereocenters. The van der Waals surface area contributed by atoms with Crippen molar-refractivity contribution in [3.05, 3.63) is 58.7 Å². The van der Waals surface area contributed by atoms with E-state index in [0.29, 0.717) is 19.6 Å². The average Bonchev–Trinajstić information content (AvgIpc) is 3.61. The van der Waals surface area contributed by atoms with Gasteiger partial charge in [0.15, 0.2) is 0 Å². The summed E-state index contributed by atoms with van der Waals surface area (Å²) in [7, 11) is 0. The molecule has 0 aromatic heterocycles. The van der Waals surface area contributed by atoms with Gasteiger partial charge in [0.05, 0.1) is 33.6 Å². The number of carbonyl (C=O) groups is 12. The van der Waals surface area contributed by atoms with E-state index >= 15 is 0 Å². The first-order chi connectivity index (χ1) is 30.0. The number of carbonyl (C=O) groups excluding carboxylic acids is 12. The smallest absolute Gasteiger partial charge is 0.424 e. The molecule has 0 spiro atoms. The van der Waals surface area contributed by atoms with E-state index in [4.69, 9.17) is 9.47 Å². The Morgan fingerprint density at radius 3 is 1.19 bits per heavy atom. The van der Waals surface area contributed by atoms with Crippen molar-refractivity contribution >= 4 is 82.6 Å². The van der Waals surface area contributed by atoms with E-state index in [1.807, 2.05) is 0 Å². The molecule has 20 nitrogen and oxygen atoms in total. The van der Waals surface area contributed by atoms with Gasteiger partial charge in [-0.1, -0.05) is 12.1 Å². The quantitative estimate of drug-likeness (QED) is 0.386. The second-order valence-corrected chi connectivity index (χ2v) is 18.1. The first-order valence-corrected chi connectivity index (χ1v) is 20.8. The number of nitrogens with zero attached hydrogens (tertiary/aromatic N) is 4. The highest BCUT2D eigenvalue weighted by Crippen LogP contribution is 2.38. The third-order valence-electron chi connectivity index (χ3n) is 11.4. The summed E-state index contributed by atoms with van der Waals surface area (Å²) >= 11 is 0. The summed E-state index contributed by atoms with van der Waals surface area (Å²) < 4.78 is 10.4. The minimum atomic E-state index is -1.48. The van der Waals surface area contributed by atoms with Gasteiger partial charge in [-0.3, -0.25) is 57.7 Å². The van der Waals surface area contributed by atoms with E-state index in [1.54, 1.807) is 41.5 Å². The Hall–Kier alpha value is -7.12. The SMILES string of the molecule is CC(C)(C)OC(=O)N1C(=O)CCC(N2C(=O)c3cccc(NC(=O)[C@H]4CC[C@@H](C(=O)Nc5cccc6c5C(=O)N(C5CCC(=O)N(C(=O)OC(C)(C)C)C5=O)C6=O)CC4)c3C2=O)C1=O. The number of fused-ring (bicyclic) bond motifs is 2. The van der Waals surface area contributed by atoms with Gasteiger partial charge in [0.2, 0.25) is 23.6 Å². The highest BCUT2D eigenvalue weighted by atomic mass is 16.6. The lowest BCUT2D eigenvalue weighted by Gasteiger charge is -2.34. The van der Waals surface area contributed by atoms with Gasteiger partial charge in [-0.2, -0.15) is 9.80 Å². The van der Waals surface area contributed by atoms with Crippen molar-refractivity contribution in [2.75, 3.05) is 10.6 Å². The fourth-order valence-corrected chi connectivity index (χ4v) is 8.48. The zero-order chi connectivity index (χ0) is 46.7. The number of rotatable bonds is 6. The van der Waals surface area contributed by atoms with Crippen molar-refractivity contribution in [3.8, 4) is 0 Å². The lowest BCUT2D eigenvalue weighted by Crippen LogP contribution is -2.58. The summed E-state index contributed by atoms with van der Waals surface area (Å²) in [6, 6.07) is 5.51. The van der Waals surface area contributed by atoms with Gasteiger partial charge < -0.3 is 20.1 Å². The maximum absolute atomic E-state index is 13.8. The molecule has 4 aliphatic heterocycles. The van der Waals surface area contributed by atoms with E-state index in [0.717, 1.165) is 0 Å². The minimum Gasteiger partial charge on any atom is -0.443 e. The highest BCUT2D eigenvalue weighted by Gasteiger charge is 2.52. The molecule has 5 aliphatic rings. The summed E-state index contributed by atoms with van der Waals surface area (Å²) in [4.78, 5) is 162. The van der Waals surface area contributed by atoms with Crippen molar-refractivity contribution in [3.63, 3.8) is 0 Å². The van der Waals surface area contributed by atoms with Crippen LogP contribution in [-0.2, 0) is 38.2 Å². The molecule has 12 amide bonds. The molecule has 2 aromatic rings. The van der Waals surface area contributed by atoms with Gasteiger partial charge in [-0.15, -0.1) is 0 Å². The van der Waals surface area contributed by atoms with E-state index in [9.17, 15) is 57.5 Å². The van der Waals surface area contributed by atoms with Crippen LogP contribution in [0.4, 0.5) is 21.0 Å². The molecular formula is C44H46N6O14. The topological polar surface area (TPSA) is 260 Å². The van der Waals surface area contributed by atoms with Gasteiger partial charge >= 0.3 is 12.2 Å². The summed E-state index contributed by atoms with van der Waals surface area (Å²) in [6.07, 6.45) is -2.59. The molecular weight excluding hydrogens is 837 g/mol. The van der Waals surface area contributed by atoms with Crippen LogP contribution in [0.25, 0.3) is 0 Å². The Kier molecular flexibility index (Phi) is 11.6. The Morgan fingerprint density at radius 1 is 0.516 bits per heavy atom. The maximum Gasteiger partial charge on any atom is 0.424 e. The number of piperidine rings is 2. The number of nitrogens with one attached hydrogen (secondary N) is 2. The molecule has 20 heteroatoms. The lowest BCUT2D eigenvalue weighted by atomic mass is 9.81. The van der Waals surface area contributed by atoms with Crippen LogP contribution >= 0.6 is 0 Å². The van der Waals surface area contributed by atoms with Crippen molar-refractivity contribution in [2.45, 2.75) is 116 Å². The number of hydrogen-bond donors (Lipinski definition) is 2. The third kappa shape index (κ3) is 8.26. The summed E-state index contributed by atoms with van der Waals surface area (Å²) in [5, 5.41) is 5.45. The number of ether oxygens (including phenoxy) is 2. The number of likely N-dealkylation sites (tertiary alicyclic amines) is 2. The van der Waals surface area contributed by atoms with Crippen LogP contribution < -0.4 is 10.6 Å². The second kappa shape index (κ2) is 16.5. The fraction of sp³-hybridized carbons (Fsp3) is 0.455. The monoisotopic (exact) mass is 882 g/mol. The maximum atomic E-state index is 13.8. The summed E-state index contributed by atoms with van der Waals surface area (Å²) in [5.74, 6) is -9.54. The van der Waals surface area contributed by atoms with Crippen LogP contribution in [0.1, 0.15) is 134 Å². The molecule has 1 aliphatic carbocycles. The van der Waals surface area contributed by atoms with Gasteiger partial charge in [-0.25, -0.2) is 9.59 Å². The predicted octanol–water partition coefficient (Wildman–Crippen LogP) is 4.17. The number of anilines is 2. The third-order valence-corrected chi connectivity index (χ3v) is 11.4. The Labute approximate surface area is 365 Å². The van der Waals surface area contributed by atoms with Crippen molar-refractivity contribution in [2.24, 2.45) is 11.8 Å². The van der Waals surface area contributed by atoms with Gasteiger partial charge in [0, 0.05) is 24.7 Å². The molecule has 0 bridgehead atoms. The number of amides is 12. The summed E-state index contributed by atoms with van der Waals surface area (Å²) in [6.45, 7) is 9.28. The fourth-order valence-electron chi connectivity index (χ4n) is 8.48. The molecule has 3 fully saturated rings. The molecule has 64 heavy (non-hydrogen) atoms. The van der Waals surface area contributed by atoms with Crippen molar-refractivity contribution in [1.29, 1.82) is 0 Å². The van der Waals surface area contributed by atoms with Gasteiger partial charge in [-0.05, 0) is 104 Å². The Morgan fingerprint density at radius 2 is 0.859 bits per heavy atom.